The highest BCUT2D eigenvalue weighted by atomic mass is 16.3. The van der Waals surface area contributed by atoms with E-state index in [4.69, 9.17) is 4.42 Å². The van der Waals surface area contributed by atoms with Crippen molar-refractivity contribution in [3.8, 4) is 0 Å². The van der Waals surface area contributed by atoms with E-state index in [1.54, 1.807) is 25.4 Å². The number of carbonyl (C=O) groups is 1. The number of anilines is 3. The van der Waals surface area contributed by atoms with Crippen LogP contribution in [0.5, 0.6) is 0 Å². The van der Waals surface area contributed by atoms with E-state index in [9.17, 15) is 4.79 Å². The number of amides is 1. The quantitative estimate of drug-likeness (QED) is 0.747. The summed E-state index contributed by atoms with van der Waals surface area (Å²) in [5.74, 6) is 2.73. The number of hydrogen-bond donors (Lipinski definition) is 1. The van der Waals surface area contributed by atoms with Crippen LogP contribution in [0, 0.1) is 13.8 Å². The summed E-state index contributed by atoms with van der Waals surface area (Å²) in [7, 11) is 0. The van der Waals surface area contributed by atoms with Gasteiger partial charge in [-0.05, 0) is 32.0 Å². The summed E-state index contributed by atoms with van der Waals surface area (Å²) in [6.07, 6.45) is 5.07. The van der Waals surface area contributed by atoms with Crippen LogP contribution >= 0.6 is 0 Å². The second-order valence-corrected chi connectivity index (χ2v) is 6.71. The fourth-order valence-corrected chi connectivity index (χ4v) is 3.28. The monoisotopic (exact) mass is 378 g/mol. The average molecular weight is 378 g/mol. The molecule has 28 heavy (non-hydrogen) atoms. The van der Waals surface area contributed by atoms with Crippen molar-refractivity contribution >= 4 is 23.4 Å². The lowest BCUT2D eigenvalue weighted by Crippen LogP contribution is -2.47. The van der Waals surface area contributed by atoms with Gasteiger partial charge in [0.15, 0.2) is 0 Å². The summed E-state index contributed by atoms with van der Waals surface area (Å²) in [5, 5.41) is 2.81. The number of piperazine rings is 1. The maximum Gasteiger partial charge on any atom is 0.259 e. The third kappa shape index (κ3) is 3.80. The highest BCUT2D eigenvalue weighted by Crippen LogP contribution is 2.18. The molecule has 0 atom stereocenters. The van der Waals surface area contributed by atoms with Gasteiger partial charge in [-0.1, -0.05) is 6.07 Å². The van der Waals surface area contributed by atoms with Gasteiger partial charge in [0.2, 0.25) is 5.95 Å². The predicted molar refractivity (Wildman–Crippen MR) is 107 cm³/mol. The molecular formula is C20H22N6O2. The number of nitrogens with one attached hydrogen (secondary N) is 1. The maximum absolute atomic E-state index is 12.4. The zero-order valence-corrected chi connectivity index (χ0v) is 15.9. The molecule has 0 aliphatic carbocycles. The largest absolute Gasteiger partial charge is 0.466 e. The number of carbonyl (C=O) groups excluding carboxylic acids is 1. The van der Waals surface area contributed by atoms with E-state index in [2.05, 4.69) is 30.1 Å². The van der Waals surface area contributed by atoms with Crippen molar-refractivity contribution in [2.45, 2.75) is 13.8 Å². The summed E-state index contributed by atoms with van der Waals surface area (Å²) in [5.41, 5.74) is 1.08. The lowest BCUT2D eigenvalue weighted by atomic mass is 10.2. The lowest BCUT2D eigenvalue weighted by Gasteiger charge is -2.35. The molecule has 1 saturated heterocycles. The fourth-order valence-electron chi connectivity index (χ4n) is 3.28. The number of hydrogen-bond acceptors (Lipinski definition) is 7. The van der Waals surface area contributed by atoms with Crippen molar-refractivity contribution in [3.63, 3.8) is 0 Å². The van der Waals surface area contributed by atoms with Crippen LogP contribution in [0.15, 0.2) is 47.3 Å². The van der Waals surface area contributed by atoms with Crippen LogP contribution in [0.4, 0.5) is 17.5 Å². The van der Waals surface area contributed by atoms with Crippen molar-refractivity contribution in [3.05, 3.63) is 59.9 Å². The first-order chi connectivity index (χ1) is 13.6. The SMILES string of the molecule is Cc1cc(C(=O)Nc2cnc(N3CCN(c4ccccn4)CC3)nc2)c(C)o1. The van der Waals surface area contributed by atoms with Gasteiger partial charge in [0.1, 0.15) is 17.3 Å². The molecule has 0 unspecified atom stereocenters. The molecule has 0 spiro atoms. The third-order valence-electron chi connectivity index (χ3n) is 4.72. The molecule has 3 aromatic rings. The average Bonchev–Trinajstić information content (AvgIpc) is 3.07. The summed E-state index contributed by atoms with van der Waals surface area (Å²) >= 11 is 0. The Bertz CT molecular complexity index is 947. The molecule has 1 aliphatic heterocycles. The summed E-state index contributed by atoms with van der Waals surface area (Å²) in [4.78, 5) is 30.0. The van der Waals surface area contributed by atoms with Gasteiger partial charge in [-0.15, -0.1) is 0 Å². The van der Waals surface area contributed by atoms with E-state index in [0.717, 1.165) is 32.0 Å². The van der Waals surface area contributed by atoms with Crippen molar-refractivity contribution in [1.29, 1.82) is 0 Å². The first kappa shape index (κ1) is 18.0. The minimum absolute atomic E-state index is 0.227. The van der Waals surface area contributed by atoms with E-state index >= 15 is 0 Å². The minimum atomic E-state index is -0.227. The van der Waals surface area contributed by atoms with Crippen LogP contribution in [0.1, 0.15) is 21.9 Å². The van der Waals surface area contributed by atoms with Crippen LogP contribution in [-0.2, 0) is 0 Å². The molecule has 0 aromatic carbocycles. The number of furan rings is 1. The Morgan fingerprint density at radius 3 is 2.36 bits per heavy atom. The predicted octanol–water partition coefficient (Wildman–Crippen LogP) is 2.66. The van der Waals surface area contributed by atoms with Gasteiger partial charge < -0.3 is 19.5 Å². The van der Waals surface area contributed by atoms with Gasteiger partial charge >= 0.3 is 0 Å². The van der Waals surface area contributed by atoms with Crippen molar-refractivity contribution in [2.24, 2.45) is 0 Å². The molecule has 1 aliphatic rings. The minimum Gasteiger partial charge on any atom is -0.466 e. The van der Waals surface area contributed by atoms with E-state index in [0.29, 0.717) is 28.7 Å². The fraction of sp³-hybridized carbons (Fsp3) is 0.300. The van der Waals surface area contributed by atoms with Crippen LogP contribution < -0.4 is 15.1 Å². The van der Waals surface area contributed by atoms with Crippen LogP contribution in [-0.4, -0.2) is 47.0 Å². The van der Waals surface area contributed by atoms with E-state index < -0.39 is 0 Å². The molecule has 0 radical (unpaired) electrons. The molecule has 1 N–H and O–H groups in total. The lowest BCUT2D eigenvalue weighted by molar-refractivity contribution is 0.102. The molecule has 1 amide bonds. The first-order valence-corrected chi connectivity index (χ1v) is 9.21. The summed E-state index contributed by atoms with van der Waals surface area (Å²) < 4.78 is 5.41. The van der Waals surface area contributed by atoms with Crippen molar-refractivity contribution < 1.29 is 9.21 Å². The molecule has 4 heterocycles. The van der Waals surface area contributed by atoms with Crippen molar-refractivity contribution in [2.75, 3.05) is 41.3 Å². The van der Waals surface area contributed by atoms with Gasteiger partial charge in [0.05, 0.1) is 23.6 Å². The molecule has 4 rings (SSSR count). The Labute approximate surface area is 163 Å². The molecule has 1 fully saturated rings. The van der Waals surface area contributed by atoms with Gasteiger partial charge in [0, 0.05) is 32.4 Å². The number of pyridine rings is 1. The zero-order chi connectivity index (χ0) is 19.5. The normalized spacial score (nSPS) is 14.2. The highest BCUT2D eigenvalue weighted by molar-refractivity contribution is 6.04. The molecule has 8 heteroatoms. The summed E-state index contributed by atoms with van der Waals surface area (Å²) in [6, 6.07) is 7.66. The molecule has 8 nitrogen and oxygen atoms in total. The van der Waals surface area contributed by atoms with Gasteiger partial charge in [-0.3, -0.25) is 4.79 Å². The smallest absolute Gasteiger partial charge is 0.259 e. The number of rotatable bonds is 4. The Hall–Kier alpha value is -3.42. The Morgan fingerprint density at radius 1 is 1.04 bits per heavy atom. The second-order valence-electron chi connectivity index (χ2n) is 6.71. The molecule has 0 bridgehead atoms. The van der Waals surface area contributed by atoms with Crippen LogP contribution in [0.3, 0.4) is 0 Å². The Kier molecular flexibility index (Phi) is 4.92. The van der Waals surface area contributed by atoms with Crippen LogP contribution in [0.25, 0.3) is 0 Å². The molecule has 144 valence electrons. The molecule has 0 saturated carbocycles. The van der Waals surface area contributed by atoms with E-state index in [1.165, 1.54) is 0 Å². The Morgan fingerprint density at radius 2 is 1.75 bits per heavy atom. The van der Waals surface area contributed by atoms with Gasteiger partial charge in [-0.2, -0.15) is 0 Å². The highest BCUT2D eigenvalue weighted by Gasteiger charge is 2.20. The topological polar surface area (TPSA) is 87.4 Å². The standard InChI is InChI=1S/C20H22N6O2/c1-14-11-17(15(2)28-14)19(27)24-16-12-22-20(23-13-16)26-9-7-25(8-10-26)18-5-3-4-6-21-18/h3-6,11-13H,7-10H2,1-2H3,(H,24,27). The number of aryl methyl sites for hydroxylation is 2. The van der Waals surface area contributed by atoms with E-state index in [-0.39, 0.29) is 5.91 Å². The third-order valence-corrected chi connectivity index (χ3v) is 4.72. The second kappa shape index (κ2) is 7.67. The molecular weight excluding hydrogens is 356 g/mol. The summed E-state index contributed by atoms with van der Waals surface area (Å²) in [6.45, 7) is 6.93. The van der Waals surface area contributed by atoms with E-state index in [1.807, 2.05) is 31.3 Å². The maximum atomic E-state index is 12.4. The Balaban J connectivity index is 1.36. The zero-order valence-electron chi connectivity index (χ0n) is 15.9. The number of aromatic nitrogens is 3. The molecule has 3 aromatic heterocycles. The van der Waals surface area contributed by atoms with Crippen molar-refractivity contribution in [1.82, 2.24) is 15.0 Å². The van der Waals surface area contributed by atoms with Gasteiger partial charge in [-0.25, -0.2) is 15.0 Å². The number of nitrogens with zero attached hydrogens (tertiary/aromatic N) is 5. The first-order valence-electron chi connectivity index (χ1n) is 9.21. The van der Waals surface area contributed by atoms with Crippen LogP contribution in [0.2, 0.25) is 0 Å². The van der Waals surface area contributed by atoms with Gasteiger partial charge in [0.25, 0.3) is 5.91 Å².